The predicted molar refractivity (Wildman–Crippen MR) is 72.5 cm³/mol. The summed E-state index contributed by atoms with van der Waals surface area (Å²) in [6.45, 7) is 0.706. The summed E-state index contributed by atoms with van der Waals surface area (Å²) in [5.74, 6) is -0.246. The Morgan fingerprint density at radius 2 is 1.29 bits per heavy atom. The lowest BCUT2D eigenvalue weighted by atomic mass is 10.2. The average molecular weight is 297 g/mol. The molecule has 0 aliphatic rings. The minimum atomic E-state index is -4.67. The van der Waals surface area contributed by atoms with E-state index in [0.717, 1.165) is 11.1 Å². The second kappa shape index (κ2) is 6.49. The van der Waals surface area contributed by atoms with E-state index in [9.17, 15) is 13.2 Å². The molecule has 0 aromatic heterocycles. The lowest BCUT2D eigenvalue weighted by molar-refractivity contribution is -0.274. The molecule has 6 heteroatoms. The van der Waals surface area contributed by atoms with E-state index >= 15 is 0 Å². The number of nitrogen functional groups attached to an aromatic ring is 1. The highest BCUT2D eigenvalue weighted by molar-refractivity contribution is 5.39. The van der Waals surface area contributed by atoms with Crippen LogP contribution >= 0.6 is 0 Å². The van der Waals surface area contributed by atoms with Gasteiger partial charge in [0.15, 0.2) is 0 Å². The van der Waals surface area contributed by atoms with Crippen molar-refractivity contribution < 1.29 is 22.6 Å². The third-order valence-electron chi connectivity index (χ3n) is 2.67. The summed E-state index contributed by atoms with van der Waals surface area (Å²) in [6.07, 6.45) is -4.67. The molecule has 0 heterocycles. The van der Waals surface area contributed by atoms with Crippen LogP contribution < -0.4 is 10.5 Å². The normalized spacial score (nSPS) is 11.4. The highest BCUT2D eigenvalue weighted by Crippen LogP contribution is 2.23. The van der Waals surface area contributed by atoms with Crippen LogP contribution in [0.4, 0.5) is 18.9 Å². The number of alkyl halides is 3. The van der Waals surface area contributed by atoms with Crippen LogP contribution in [0.25, 0.3) is 0 Å². The monoisotopic (exact) mass is 297 g/mol. The van der Waals surface area contributed by atoms with Crippen LogP contribution in [0.2, 0.25) is 0 Å². The summed E-state index contributed by atoms with van der Waals surface area (Å²) < 4.78 is 45.3. The molecule has 0 saturated carbocycles. The van der Waals surface area contributed by atoms with E-state index < -0.39 is 6.36 Å². The molecule has 2 aromatic rings. The fourth-order valence-electron chi connectivity index (χ4n) is 1.69. The first-order valence-corrected chi connectivity index (χ1v) is 6.19. The Morgan fingerprint density at radius 1 is 0.810 bits per heavy atom. The van der Waals surface area contributed by atoms with Gasteiger partial charge in [0, 0.05) is 5.69 Å². The number of anilines is 1. The second-order valence-corrected chi connectivity index (χ2v) is 4.43. The molecule has 2 rings (SSSR count). The van der Waals surface area contributed by atoms with Gasteiger partial charge in [-0.3, -0.25) is 0 Å². The Labute approximate surface area is 120 Å². The molecule has 0 aliphatic carbocycles. The fraction of sp³-hybridized carbons (Fsp3) is 0.200. The van der Waals surface area contributed by atoms with Gasteiger partial charge in [-0.15, -0.1) is 13.2 Å². The van der Waals surface area contributed by atoms with Crippen LogP contribution in [0.5, 0.6) is 5.75 Å². The minimum Gasteiger partial charge on any atom is -0.406 e. The van der Waals surface area contributed by atoms with Gasteiger partial charge in [-0.1, -0.05) is 24.3 Å². The van der Waals surface area contributed by atoms with Gasteiger partial charge in [0.1, 0.15) is 5.75 Å². The largest absolute Gasteiger partial charge is 0.573 e. The van der Waals surface area contributed by atoms with Gasteiger partial charge >= 0.3 is 6.36 Å². The molecule has 0 bridgehead atoms. The van der Waals surface area contributed by atoms with E-state index in [0.29, 0.717) is 18.9 Å². The molecule has 3 nitrogen and oxygen atoms in total. The number of ether oxygens (including phenoxy) is 2. The van der Waals surface area contributed by atoms with Crippen molar-refractivity contribution >= 4 is 5.69 Å². The predicted octanol–water partition coefficient (Wildman–Crippen LogP) is 3.88. The van der Waals surface area contributed by atoms with E-state index in [1.54, 1.807) is 12.1 Å². The molecule has 0 fully saturated rings. The van der Waals surface area contributed by atoms with Crippen molar-refractivity contribution in [2.24, 2.45) is 0 Å². The molecule has 0 amide bonds. The zero-order chi connectivity index (χ0) is 15.3. The summed E-state index contributed by atoms with van der Waals surface area (Å²) in [6, 6.07) is 12.9. The number of hydrogen-bond acceptors (Lipinski definition) is 3. The van der Waals surface area contributed by atoms with Crippen molar-refractivity contribution in [3.63, 3.8) is 0 Å². The Hall–Kier alpha value is -2.21. The number of halogens is 3. The Morgan fingerprint density at radius 3 is 1.76 bits per heavy atom. The van der Waals surface area contributed by atoms with Crippen LogP contribution in [0.1, 0.15) is 11.1 Å². The maximum atomic E-state index is 12.0. The molecule has 112 valence electrons. The van der Waals surface area contributed by atoms with Gasteiger partial charge in [-0.2, -0.15) is 0 Å². The molecular formula is C15H14F3NO2. The molecule has 0 saturated heterocycles. The van der Waals surface area contributed by atoms with E-state index in [-0.39, 0.29) is 5.75 Å². The van der Waals surface area contributed by atoms with Crippen LogP contribution in [0, 0.1) is 0 Å². The molecule has 0 atom stereocenters. The van der Waals surface area contributed by atoms with Crippen LogP contribution in [0.15, 0.2) is 48.5 Å². The molecule has 0 aliphatic heterocycles. The average Bonchev–Trinajstić information content (AvgIpc) is 2.41. The smallest absolute Gasteiger partial charge is 0.406 e. The van der Waals surface area contributed by atoms with Crippen LogP contribution in [-0.2, 0) is 18.0 Å². The van der Waals surface area contributed by atoms with Crippen molar-refractivity contribution in [1.82, 2.24) is 0 Å². The first-order valence-electron chi connectivity index (χ1n) is 6.19. The highest BCUT2D eigenvalue weighted by atomic mass is 19.4. The Bertz CT molecular complexity index is 565. The number of benzene rings is 2. The zero-order valence-corrected chi connectivity index (χ0v) is 11.1. The van der Waals surface area contributed by atoms with Crippen molar-refractivity contribution in [3.05, 3.63) is 59.7 Å². The lowest BCUT2D eigenvalue weighted by Gasteiger charge is -2.09. The van der Waals surface area contributed by atoms with Gasteiger partial charge in [0.25, 0.3) is 0 Å². The Kier molecular flexibility index (Phi) is 4.70. The van der Waals surface area contributed by atoms with Crippen molar-refractivity contribution in [1.29, 1.82) is 0 Å². The summed E-state index contributed by atoms with van der Waals surface area (Å²) >= 11 is 0. The van der Waals surface area contributed by atoms with Crippen molar-refractivity contribution in [2.45, 2.75) is 19.6 Å². The number of nitrogens with two attached hydrogens (primary N) is 1. The molecule has 2 N–H and O–H groups in total. The van der Waals surface area contributed by atoms with Gasteiger partial charge in [-0.25, -0.2) is 0 Å². The van der Waals surface area contributed by atoms with Gasteiger partial charge < -0.3 is 15.2 Å². The van der Waals surface area contributed by atoms with E-state index in [4.69, 9.17) is 10.5 Å². The van der Waals surface area contributed by atoms with Crippen LogP contribution in [0.3, 0.4) is 0 Å². The quantitative estimate of drug-likeness (QED) is 0.852. The van der Waals surface area contributed by atoms with Gasteiger partial charge in [-0.05, 0) is 35.4 Å². The number of rotatable bonds is 5. The molecule has 0 unspecified atom stereocenters. The topological polar surface area (TPSA) is 44.5 Å². The van der Waals surface area contributed by atoms with Crippen LogP contribution in [-0.4, -0.2) is 6.36 Å². The van der Waals surface area contributed by atoms with E-state index in [1.165, 1.54) is 24.3 Å². The third-order valence-corrected chi connectivity index (χ3v) is 2.67. The van der Waals surface area contributed by atoms with E-state index in [1.807, 2.05) is 12.1 Å². The SMILES string of the molecule is Nc1ccc(COCc2ccc(OC(F)(F)F)cc2)cc1. The van der Waals surface area contributed by atoms with Gasteiger partial charge in [0.2, 0.25) is 0 Å². The van der Waals surface area contributed by atoms with Crippen molar-refractivity contribution in [3.8, 4) is 5.75 Å². The highest BCUT2D eigenvalue weighted by Gasteiger charge is 2.30. The first-order chi connectivity index (χ1) is 9.92. The summed E-state index contributed by atoms with van der Waals surface area (Å²) in [5.41, 5.74) is 7.99. The number of hydrogen-bond donors (Lipinski definition) is 1. The Balaban J connectivity index is 1.82. The molecule has 0 radical (unpaired) electrons. The molecule has 2 aromatic carbocycles. The van der Waals surface area contributed by atoms with Crippen molar-refractivity contribution in [2.75, 3.05) is 5.73 Å². The molecular weight excluding hydrogens is 283 g/mol. The minimum absolute atomic E-state index is 0.246. The summed E-state index contributed by atoms with van der Waals surface area (Å²) in [4.78, 5) is 0. The van der Waals surface area contributed by atoms with Gasteiger partial charge in [0.05, 0.1) is 13.2 Å². The lowest BCUT2D eigenvalue weighted by Crippen LogP contribution is -2.17. The fourth-order valence-corrected chi connectivity index (χ4v) is 1.69. The molecule has 21 heavy (non-hydrogen) atoms. The van der Waals surface area contributed by atoms with E-state index in [2.05, 4.69) is 4.74 Å². The summed E-state index contributed by atoms with van der Waals surface area (Å²) in [5, 5.41) is 0. The zero-order valence-electron chi connectivity index (χ0n) is 11.1. The summed E-state index contributed by atoms with van der Waals surface area (Å²) in [7, 11) is 0. The standard InChI is InChI=1S/C15H14F3NO2/c16-15(17,18)21-14-7-3-12(4-8-14)10-20-9-11-1-5-13(19)6-2-11/h1-8H,9-10,19H2. The maximum absolute atomic E-state index is 12.0. The first kappa shape index (κ1) is 15.2. The molecule has 0 spiro atoms. The maximum Gasteiger partial charge on any atom is 0.573 e. The third kappa shape index (κ3) is 5.35. The second-order valence-electron chi connectivity index (χ2n) is 4.43.